The van der Waals surface area contributed by atoms with E-state index in [1.807, 2.05) is 20.8 Å². The van der Waals surface area contributed by atoms with Gasteiger partial charge in [-0.2, -0.15) is 0 Å². The van der Waals surface area contributed by atoms with Gasteiger partial charge in [0, 0.05) is 5.41 Å². The molecule has 0 aliphatic rings. The molecule has 2 N–H and O–H groups in total. The van der Waals surface area contributed by atoms with Crippen molar-refractivity contribution in [1.29, 1.82) is 0 Å². The number of amides is 1. The highest BCUT2D eigenvalue weighted by molar-refractivity contribution is 5.93. The summed E-state index contributed by atoms with van der Waals surface area (Å²) >= 11 is 0. The predicted octanol–water partition coefficient (Wildman–Crippen LogP) is 1.41. The number of carbonyl (C=O) groups excluding carboxylic acids is 1. The molecule has 0 atom stereocenters. The van der Waals surface area contributed by atoms with Gasteiger partial charge in [-0.05, 0) is 18.1 Å². The standard InChI is InChI=1S/C13H16N2O2/c1-13(2,3)12(17)15-11-8-4-6-10(14-11)7-5-9-16/h4,6,8,16H,9H2,1-3H3,(H,14,15,17). The Morgan fingerprint density at radius 1 is 1.47 bits per heavy atom. The summed E-state index contributed by atoms with van der Waals surface area (Å²) < 4.78 is 0. The Labute approximate surface area is 101 Å². The molecule has 17 heavy (non-hydrogen) atoms. The van der Waals surface area contributed by atoms with Gasteiger partial charge in [-0.3, -0.25) is 4.79 Å². The highest BCUT2D eigenvalue weighted by Gasteiger charge is 2.21. The van der Waals surface area contributed by atoms with Crippen LogP contribution in [0.5, 0.6) is 0 Å². The number of hydrogen-bond acceptors (Lipinski definition) is 3. The molecular weight excluding hydrogens is 216 g/mol. The van der Waals surface area contributed by atoms with E-state index >= 15 is 0 Å². The molecule has 0 aliphatic carbocycles. The average Bonchev–Trinajstić information content (AvgIpc) is 2.25. The third-order valence-electron chi connectivity index (χ3n) is 1.97. The molecule has 0 aromatic carbocycles. The van der Waals surface area contributed by atoms with Crippen molar-refractivity contribution in [1.82, 2.24) is 4.98 Å². The van der Waals surface area contributed by atoms with Crippen LogP contribution in [0.4, 0.5) is 5.82 Å². The van der Waals surface area contributed by atoms with Crippen molar-refractivity contribution in [3.8, 4) is 11.8 Å². The zero-order valence-corrected chi connectivity index (χ0v) is 10.2. The second kappa shape index (κ2) is 5.46. The van der Waals surface area contributed by atoms with E-state index in [9.17, 15) is 4.79 Å². The van der Waals surface area contributed by atoms with E-state index in [0.717, 1.165) is 0 Å². The van der Waals surface area contributed by atoms with Gasteiger partial charge in [-0.15, -0.1) is 0 Å². The molecule has 1 heterocycles. The smallest absolute Gasteiger partial charge is 0.230 e. The number of pyridine rings is 1. The zero-order chi connectivity index (χ0) is 12.9. The van der Waals surface area contributed by atoms with E-state index in [1.165, 1.54) is 0 Å². The van der Waals surface area contributed by atoms with E-state index in [-0.39, 0.29) is 12.5 Å². The number of aliphatic hydroxyl groups excluding tert-OH is 1. The van der Waals surface area contributed by atoms with Gasteiger partial charge in [0.25, 0.3) is 0 Å². The van der Waals surface area contributed by atoms with Crippen LogP contribution >= 0.6 is 0 Å². The first-order valence-electron chi connectivity index (χ1n) is 5.32. The van der Waals surface area contributed by atoms with E-state index < -0.39 is 5.41 Å². The Morgan fingerprint density at radius 2 is 2.18 bits per heavy atom. The van der Waals surface area contributed by atoms with Crippen LogP contribution in [-0.4, -0.2) is 22.6 Å². The van der Waals surface area contributed by atoms with E-state index in [0.29, 0.717) is 11.5 Å². The highest BCUT2D eigenvalue weighted by Crippen LogP contribution is 2.16. The predicted molar refractivity (Wildman–Crippen MR) is 66.3 cm³/mol. The molecule has 0 saturated carbocycles. The lowest BCUT2D eigenvalue weighted by atomic mass is 9.96. The number of carbonyl (C=O) groups is 1. The van der Waals surface area contributed by atoms with Gasteiger partial charge in [-0.1, -0.05) is 32.8 Å². The number of anilines is 1. The van der Waals surface area contributed by atoms with Crippen LogP contribution in [0, 0.1) is 17.3 Å². The highest BCUT2D eigenvalue weighted by atomic mass is 16.2. The van der Waals surface area contributed by atoms with Crippen LogP contribution in [0.25, 0.3) is 0 Å². The fourth-order valence-corrected chi connectivity index (χ4v) is 1.01. The lowest BCUT2D eigenvalue weighted by molar-refractivity contribution is -0.123. The molecule has 1 rings (SSSR count). The van der Waals surface area contributed by atoms with Gasteiger partial charge >= 0.3 is 0 Å². The minimum Gasteiger partial charge on any atom is -0.384 e. The lowest BCUT2D eigenvalue weighted by Crippen LogP contribution is -2.28. The fraction of sp³-hybridized carbons (Fsp3) is 0.385. The van der Waals surface area contributed by atoms with Crippen molar-refractivity contribution in [2.24, 2.45) is 5.41 Å². The largest absolute Gasteiger partial charge is 0.384 e. The SMILES string of the molecule is CC(C)(C)C(=O)Nc1cccc(C#CCO)n1. The van der Waals surface area contributed by atoms with E-state index in [1.54, 1.807) is 18.2 Å². The molecule has 0 fully saturated rings. The van der Waals surface area contributed by atoms with E-state index in [2.05, 4.69) is 22.1 Å². The van der Waals surface area contributed by atoms with Gasteiger partial charge in [0.1, 0.15) is 18.1 Å². The molecule has 4 heteroatoms. The number of aliphatic hydroxyl groups is 1. The topological polar surface area (TPSA) is 62.2 Å². The Morgan fingerprint density at radius 3 is 2.76 bits per heavy atom. The number of rotatable bonds is 1. The molecule has 1 aromatic rings. The van der Waals surface area contributed by atoms with Crippen LogP contribution < -0.4 is 5.32 Å². The lowest BCUT2D eigenvalue weighted by Gasteiger charge is -2.17. The summed E-state index contributed by atoms with van der Waals surface area (Å²) in [5, 5.41) is 11.3. The monoisotopic (exact) mass is 232 g/mol. The zero-order valence-electron chi connectivity index (χ0n) is 10.2. The molecular formula is C13H16N2O2. The average molecular weight is 232 g/mol. The molecule has 0 bridgehead atoms. The van der Waals surface area contributed by atoms with Crippen molar-refractivity contribution in [3.63, 3.8) is 0 Å². The van der Waals surface area contributed by atoms with Crippen LogP contribution in [0.2, 0.25) is 0 Å². The van der Waals surface area contributed by atoms with Gasteiger partial charge in [-0.25, -0.2) is 4.98 Å². The van der Waals surface area contributed by atoms with Crippen LogP contribution in [0.3, 0.4) is 0 Å². The number of nitrogens with one attached hydrogen (secondary N) is 1. The molecule has 1 amide bonds. The van der Waals surface area contributed by atoms with Gasteiger partial charge in [0.05, 0.1) is 0 Å². The first-order chi connectivity index (χ1) is 7.93. The van der Waals surface area contributed by atoms with Crippen LogP contribution in [0.15, 0.2) is 18.2 Å². The molecule has 0 aliphatic heterocycles. The third kappa shape index (κ3) is 4.25. The van der Waals surface area contributed by atoms with Crippen molar-refractivity contribution in [3.05, 3.63) is 23.9 Å². The Hall–Kier alpha value is -1.86. The number of nitrogens with zero attached hydrogens (tertiary/aromatic N) is 1. The van der Waals surface area contributed by atoms with E-state index in [4.69, 9.17) is 5.11 Å². The molecule has 0 spiro atoms. The molecule has 90 valence electrons. The first-order valence-corrected chi connectivity index (χ1v) is 5.32. The number of hydrogen-bond donors (Lipinski definition) is 2. The molecule has 1 aromatic heterocycles. The maximum Gasteiger partial charge on any atom is 0.230 e. The second-order valence-electron chi connectivity index (χ2n) is 4.57. The normalized spacial score (nSPS) is 10.4. The second-order valence-corrected chi connectivity index (χ2v) is 4.57. The van der Waals surface area contributed by atoms with Crippen molar-refractivity contribution in [2.75, 3.05) is 11.9 Å². The third-order valence-corrected chi connectivity index (χ3v) is 1.97. The van der Waals surface area contributed by atoms with Crippen LogP contribution in [-0.2, 0) is 4.79 Å². The Kier molecular flexibility index (Phi) is 4.24. The number of aromatic nitrogens is 1. The summed E-state index contributed by atoms with van der Waals surface area (Å²) in [6, 6.07) is 5.18. The molecule has 0 saturated heterocycles. The Bertz CT molecular complexity index is 464. The van der Waals surface area contributed by atoms with Crippen LogP contribution in [0.1, 0.15) is 26.5 Å². The summed E-state index contributed by atoms with van der Waals surface area (Å²) in [7, 11) is 0. The van der Waals surface area contributed by atoms with Gasteiger partial charge in [0.2, 0.25) is 5.91 Å². The Balaban J connectivity index is 2.83. The fourth-order valence-electron chi connectivity index (χ4n) is 1.01. The van der Waals surface area contributed by atoms with Gasteiger partial charge in [0.15, 0.2) is 0 Å². The summed E-state index contributed by atoms with van der Waals surface area (Å²) in [4.78, 5) is 15.9. The molecule has 0 unspecified atom stereocenters. The minimum atomic E-state index is -0.464. The summed E-state index contributed by atoms with van der Waals surface area (Å²) in [6.45, 7) is 5.29. The van der Waals surface area contributed by atoms with Crippen molar-refractivity contribution in [2.45, 2.75) is 20.8 Å². The maximum absolute atomic E-state index is 11.7. The quantitative estimate of drug-likeness (QED) is 0.720. The van der Waals surface area contributed by atoms with Crippen molar-refractivity contribution >= 4 is 11.7 Å². The summed E-state index contributed by atoms with van der Waals surface area (Å²) in [5.41, 5.74) is 0.0554. The first kappa shape index (κ1) is 13.2. The van der Waals surface area contributed by atoms with Gasteiger partial charge < -0.3 is 10.4 Å². The molecule has 0 radical (unpaired) electrons. The van der Waals surface area contributed by atoms with Crippen molar-refractivity contribution < 1.29 is 9.90 Å². The minimum absolute atomic E-state index is 0.0998. The summed E-state index contributed by atoms with van der Waals surface area (Å²) in [5.74, 6) is 5.56. The summed E-state index contributed by atoms with van der Waals surface area (Å²) in [6.07, 6.45) is 0. The maximum atomic E-state index is 11.7. The molecule has 4 nitrogen and oxygen atoms in total.